The van der Waals surface area contributed by atoms with Crippen LogP contribution in [0.1, 0.15) is 37.6 Å². The van der Waals surface area contributed by atoms with E-state index in [-0.39, 0.29) is 17.9 Å². The molecule has 1 aliphatic heterocycles. The molecule has 1 aromatic carbocycles. The van der Waals surface area contributed by atoms with Crippen LogP contribution in [0.15, 0.2) is 18.2 Å². The number of amides is 2. The van der Waals surface area contributed by atoms with Crippen LogP contribution in [0.5, 0.6) is 5.75 Å². The van der Waals surface area contributed by atoms with Gasteiger partial charge in [0.25, 0.3) is 5.91 Å². The first kappa shape index (κ1) is 17.6. The van der Waals surface area contributed by atoms with E-state index in [0.29, 0.717) is 35.8 Å². The van der Waals surface area contributed by atoms with Crippen molar-refractivity contribution in [3.63, 3.8) is 0 Å². The fraction of sp³-hybridized carbons (Fsp3) is 0.529. The minimum absolute atomic E-state index is 0.0412. The number of benzene rings is 1. The van der Waals surface area contributed by atoms with Gasteiger partial charge >= 0.3 is 0 Å². The molecule has 0 aromatic heterocycles. The Balaban J connectivity index is 2.14. The number of likely N-dealkylation sites (tertiary alicyclic amines) is 1. The van der Waals surface area contributed by atoms with Crippen molar-refractivity contribution in [2.75, 3.05) is 20.1 Å². The summed E-state index contributed by atoms with van der Waals surface area (Å²) in [7, 11) is 1.61. The average molecular weight is 339 g/mol. The predicted octanol–water partition coefficient (Wildman–Crippen LogP) is 2.73. The Morgan fingerprint density at radius 2 is 2.09 bits per heavy atom. The maximum Gasteiger partial charge on any atom is 0.255 e. The zero-order valence-corrected chi connectivity index (χ0v) is 14.7. The Morgan fingerprint density at radius 3 is 2.65 bits per heavy atom. The quantitative estimate of drug-likeness (QED) is 0.918. The van der Waals surface area contributed by atoms with Gasteiger partial charge in [-0.15, -0.1) is 0 Å². The van der Waals surface area contributed by atoms with Crippen LogP contribution in [0, 0.1) is 5.41 Å². The predicted molar refractivity (Wildman–Crippen MR) is 89.9 cm³/mol. The highest BCUT2D eigenvalue weighted by Gasteiger charge is 2.41. The number of rotatable bonds is 4. The van der Waals surface area contributed by atoms with E-state index < -0.39 is 5.41 Å². The Hall–Kier alpha value is -1.75. The van der Waals surface area contributed by atoms with E-state index in [1.807, 2.05) is 20.8 Å². The second kappa shape index (κ2) is 6.79. The fourth-order valence-corrected chi connectivity index (χ4v) is 3.06. The zero-order chi connectivity index (χ0) is 17.2. The van der Waals surface area contributed by atoms with Crippen molar-refractivity contribution in [3.8, 4) is 5.75 Å². The molecule has 126 valence electrons. The van der Waals surface area contributed by atoms with E-state index in [9.17, 15) is 9.59 Å². The van der Waals surface area contributed by atoms with Gasteiger partial charge in [0.15, 0.2) is 0 Å². The van der Waals surface area contributed by atoms with Gasteiger partial charge in [-0.05, 0) is 45.4 Å². The third kappa shape index (κ3) is 3.78. The van der Waals surface area contributed by atoms with E-state index in [1.165, 1.54) is 0 Å². The summed E-state index contributed by atoms with van der Waals surface area (Å²) in [4.78, 5) is 26.3. The van der Waals surface area contributed by atoms with Crippen molar-refractivity contribution in [1.29, 1.82) is 0 Å². The molecule has 1 N–H and O–H groups in total. The Kier molecular flexibility index (Phi) is 5.19. The van der Waals surface area contributed by atoms with Gasteiger partial charge in [0, 0.05) is 20.1 Å². The topological polar surface area (TPSA) is 58.6 Å². The summed E-state index contributed by atoms with van der Waals surface area (Å²) in [6.07, 6.45) is 0.685. The molecule has 2 amide bonds. The summed E-state index contributed by atoms with van der Waals surface area (Å²) in [6.45, 7) is 6.67. The number of halogens is 1. The number of nitrogens with zero attached hydrogens (tertiary/aromatic N) is 1. The molecule has 5 nitrogen and oxygen atoms in total. The molecule has 0 radical (unpaired) electrons. The lowest BCUT2D eigenvalue weighted by Gasteiger charge is -2.23. The molecule has 1 fully saturated rings. The molecule has 1 aromatic rings. The fourth-order valence-electron chi connectivity index (χ4n) is 2.81. The molecule has 0 saturated carbocycles. The summed E-state index contributed by atoms with van der Waals surface area (Å²) in [5, 5.41) is 3.03. The van der Waals surface area contributed by atoms with E-state index >= 15 is 0 Å². The van der Waals surface area contributed by atoms with Gasteiger partial charge in [0.2, 0.25) is 5.91 Å². The minimum Gasteiger partial charge on any atom is -0.491 e. The van der Waals surface area contributed by atoms with E-state index in [1.54, 1.807) is 30.1 Å². The van der Waals surface area contributed by atoms with E-state index in [0.717, 1.165) is 0 Å². The maximum absolute atomic E-state index is 12.7. The number of hydrogen-bond donors (Lipinski definition) is 1. The Labute approximate surface area is 141 Å². The summed E-state index contributed by atoms with van der Waals surface area (Å²) < 4.78 is 5.57. The largest absolute Gasteiger partial charge is 0.491 e. The van der Waals surface area contributed by atoms with Gasteiger partial charge in [-0.2, -0.15) is 0 Å². The van der Waals surface area contributed by atoms with Crippen molar-refractivity contribution >= 4 is 23.4 Å². The van der Waals surface area contributed by atoms with Crippen molar-refractivity contribution in [2.24, 2.45) is 5.41 Å². The normalized spacial score (nSPS) is 20.7. The van der Waals surface area contributed by atoms with Gasteiger partial charge in [-0.25, -0.2) is 0 Å². The monoisotopic (exact) mass is 338 g/mol. The zero-order valence-electron chi connectivity index (χ0n) is 14.0. The number of hydrogen-bond acceptors (Lipinski definition) is 3. The Morgan fingerprint density at radius 1 is 1.39 bits per heavy atom. The SMILES string of the molecule is CNC(=O)C1(C)CCN(C(=O)c2ccc(OC(C)C)cc2Cl)C1. The molecule has 1 saturated heterocycles. The lowest BCUT2D eigenvalue weighted by atomic mass is 9.89. The summed E-state index contributed by atoms with van der Waals surface area (Å²) >= 11 is 6.24. The van der Waals surface area contributed by atoms with Crippen LogP contribution >= 0.6 is 11.6 Å². The number of ether oxygens (including phenoxy) is 1. The number of carbonyl (C=O) groups is 2. The molecule has 0 spiro atoms. The first-order valence-corrected chi connectivity index (χ1v) is 8.12. The molecular weight excluding hydrogens is 316 g/mol. The summed E-state index contributed by atoms with van der Waals surface area (Å²) in [5.74, 6) is 0.441. The first-order valence-electron chi connectivity index (χ1n) is 7.74. The van der Waals surface area contributed by atoms with Crippen LogP contribution in [0.2, 0.25) is 5.02 Å². The standard InChI is InChI=1S/C17H23ClN2O3/c1-11(2)23-12-5-6-13(14(18)9-12)15(21)20-8-7-17(3,10-20)16(22)19-4/h5-6,9,11H,7-8,10H2,1-4H3,(H,19,22). The summed E-state index contributed by atoms with van der Waals surface area (Å²) in [5.41, 5.74) is -0.110. The molecule has 1 atom stereocenters. The molecule has 2 rings (SSSR count). The first-order chi connectivity index (χ1) is 10.8. The third-order valence-electron chi connectivity index (χ3n) is 4.08. The highest BCUT2D eigenvalue weighted by atomic mass is 35.5. The molecule has 0 aliphatic carbocycles. The van der Waals surface area contributed by atoms with Crippen LogP contribution in [0.3, 0.4) is 0 Å². The lowest BCUT2D eigenvalue weighted by molar-refractivity contribution is -0.128. The molecular formula is C17H23ClN2O3. The molecule has 1 aliphatic rings. The van der Waals surface area contributed by atoms with Crippen LogP contribution in [-0.4, -0.2) is 43.0 Å². The summed E-state index contributed by atoms with van der Waals surface area (Å²) in [6, 6.07) is 5.08. The van der Waals surface area contributed by atoms with Crippen molar-refractivity contribution in [3.05, 3.63) is 28.8 Å². The lowest BCUT2D eigenvalue weighted by Crippen LogP contribution is -2.40. The van der Waals surface area contributed by atoms with Gasteiger partial charge < -0.3 is 15.0 Å². The second-order valence-corrected chi connectivity index (χ2v) is 6.83. The van der Waals surface area contributed by atoms with Crippen molar-refractivity contribution in [1.82, 2.24) is 10.2 Å². The van der Waals surface area contributed by atoms with E-state index in [4.69, 9.17) is 16.3 Å². The molecule has 6 heteroatoms. The van der Waals surface area contributed by atoms with Crippen LogP contribution in [0.25, 0.3) is 0 Å². The second-order valence-electron chi connectivity index (χ2n) is 6.42. The van der Waals surface area contributed by atoms with Crippen molar-refractivity contribution in [2.45, 2.75) is 33.3 Å². The smallest absolute Gasteiger partial charge is 0.255 e. The minimum atomic E-state index is -0.544. The van der Waals surface area contributed by atoms with E-state index in [2.05, 4.69) is 5.32 Å². The molecule has 0 bridgehead atoms. The van der Waals surface area contributed by atoms with Crippen LogP contribution < -0.4 is 10.1 Å². The highest BCUT2D eigenvalue weighted by molar-refractivity contribution is 6.34. The van der Waals surface area contributed by atoms with Gasteiger partial charge in [-0.3, -0.25) is 9.59 Å². The highest BCUT2D eigenvalue weighted by Crippen LogP contribution is 2.32. The number of carbonyl (C=O) groups excluding carboxylic acids is 2. The van der Waals surface area contributed by atoms with Gasteiger partial charge in [0.05, 0.1) is 22.1 Å². The molecule has 1 heterocycles. The maximum atomic E-state index is 12.7. The van der Waals surface area contributed by atoms with Gasteiger partial charge in [-0.1, -0.05) is 11.6 Å². The van der Waals surface area contributed by atoms with Crippen molar-refractivity contribution < 1.29 is 14.3 Å². The molecule has 23 heavy (non-hydrogen) atoms. The Bertz CT molecular complexity index is 618. The number of nitrogens with one attached hydrogen (secondary N) is 1. The third-order valence-corrected chi connectivity index (χ3v) is 4.39. The molecule has 1 unspecified atom stereocenters. The van der Waals surface area contributed by atoms with Gasteiger partial charge in [0.1, 0.15) is 5.75 Å². The average Bonchev–Trinajstić information content (AvgIpc) is 2.89. The van der Waals surface area contributed by atoms with Crippen LogP contribution in [-0.2, 0) is 4.79 Å². The van der Waals surface area contributed by atoms with Crippen LogP contribution in [0.4, 0.5) is 0 Å².